The van der Waals surface area contributed by atoms with E-state index in [2.05, 4.69) is 13.8 Å². The molecular weight excluding hydrogens is 192 g/mol. The molecule has 0 aliphatic heterocycles. The van der Waals surface area contributed by atoms with Crippen LogP contribution in [0.1, 0.15) is 59.3 Å². The first-order valence-electron chi connectivity index (χ1n) is 5.89. The van der Waals surface area contributed by atoms with E-state index in [1.807, 2.05) is 0 Å². The summed E-state index contributed by atoms with van der Waals surface area (Å²) in [5, 5.41) is 16.0. The number of unbranched alkanes of at least 4 members (excludes halogenated alkanes) is 2. The van der Waals surface area contributed by atoms with E-state index < -0.39 is 6.10 Å². The summed E-state index contributed by atoms with van der Waals surface area (Å²) in [6, 6.07) is 0. The zero-order chi connectivity index (χ0) is 12.1. The number of carbonyl (C=O) groups is 1. The van der Waals surface area contributed by atoms with Crippen molar-refractivity contribution in [2.24, 2.45) is 0 Å². The van der Waals surface area contributed by atoms with Crippen LogP contribution in [0.4, 0.5) is 0 Å². The van der Waals surface area contributed by atoms with Crippen molar-refractivity contribution in [1.82, 2.24) is 0 Å². The van der Waals surface area contributed by atoms with Crippen molar-refractivity contribution < 1.29 is 15.0 Å². The van der Waals surface area contributed by atoms with Gasteiger partial charge < -0.3 is 10.2 Å². The van der Waals surface area contributed by atoms with Crippen LogP contribution in [0.3, 0.4) is 0 Å². The molecule has 0 aromatic carbocycles. The van der Waals surface area contributed by atoms with Gasteiger partial charge in [0.2, 0.25) is 0 Å². The van der Waals surface area contributed by atoms with Crippen molar-refractivity contribution >= 4 is 5.78 Å². The van der Waals surface area contributed by atoms with E-state index in [1.165, 1.54) is 6.92 Å². The first-order valence-corrected chi connectivity index (χ1v) is 5.89. The fraction of sp³-hybridized carbons (Fsp3) is 0.917. The third-order valence-electron chi connectivity index (χ3n) is 1.88. The second-order valence-electron chi connectivity index (χ2n) is 3.78. The molecule has 15 heavy (non-hydrogen) atoms. The van der Waals surface area contributed by atoms with E-state index in [9.17, 15) is 4.79 Å². The lowest BCUT2D eigenvalue weighted by Gasteiger charge is -1.96. The number of carbonyl (C=O) groups excluding carboxylic acids is 1. The van der Waals surface area contributed by atoms with Gasteiger partial charge in [-0.05, 0) is 19.8 Å². The molecule has 3 nitrogen and oxygen atoms in total. The lowest BCUT2D eigenvalue weighted by atomic mass is 10.1. The number of hydrogen-bond donors (Lipinski definition) is 2. The van der Waals surface area contributed by atoms with Crippen LogP contribution in [0.5, 0.6) is 0 Å². The number of aliphatic hydroxyl groups excluding tert-OH is 2. The van der Waals surface area contributed by atoms with E-state index in [-0.39, 0.29) is 6.61 Å². The summed E-state index contributed by atoms with van der Waals surface area (Å²) in [7, 11) is 0. The van der Waals surface area contributed by atoms with Gasteiger partial charge in [0.1, 0.15) is 5.78 Å². The van der Waals surface area contributed by atoms with Gasteiger partial charge in [-0.25, -0.2) is 0 Å². The molecule has 0 aromatic rings. The second kappa shape index (κ2) is 13.6. The lowest BCUT2D eigenvalue weighted by Crippen LogP contribution is -2.03. The van der Waals surface area contributed by atoms with Crippen molar-refractivity contribution in [1.29, 1.82) is 0 Å². The first-order chi connectivity index (χ1) is 7.08. The van der Waals surface area contributed by atoms with Gasteiger partial charge in [0.15, 0.2) is 0 Å². The standard InChI is InChI=1S/C9H18O.C3H8O2/c1-3-5-7-9(10)8-6-4-2;1-3(5)2-4/h3-8H2,1-2H3;3-5H,2H2,1H3. The van der Waals surface area contributed by atoms with Crippen LogP contribution in [0.15, 0.2) is 0 Å². The van der Waals surface area contributed by atoms with Crippen molar-refractivity contribution in [3.63, 3.8) is 0 Å². The summed E-state index contributed by atoms with van der Waals surface area (Å²) in [6.07, 6.45) is 5.46. The summed E-state index contributed by atoms with van der Waals surface area (Å²) >= 11 is 0. The van der Waals surface area contributed by atoms with Gasteiger partial charge in [-0.2, -0.15) is 0 Å². The second-order valence-corrected chi connectivity index (χ2v) is 3.78. The Morgan fingerprint density at radius 2 is 1.47 bits per heavy atom. The molecule has 0 spiro atoms. The number of ketones is 1. The molecule has 3 heteroatoms. The third kappa shape index (κ3) is 19.8. The number of aliphatic hydroxyl groups is 2. The van der Waals surface area contributed by atoms with E-state index in [0.717, 1.165) is 38.5 Å². The van der Waals surface area contributed by atoms with Crippen LogP contribution in [-0.4, -0.2) is 28.7 Å². The quantitative estimate of drug-likeness (QED) is 0.689. The van der Waals surface area contributed by atoms with Gasteiger partial charge in [0.25, 0.3) is 0 Å². The highest BCUT2D eigenvalue weighted by atomic mass is 16.3. The average Bonchev–Trinajstić information content (AvgIpc) is 2.24. The molecule has 0 fully saturated rings. The smallest absolute Gasteiger partial charge is 0.132 e. The van der Waals surface area contributed by atoms with Gasteiger partial charge in [0, 0.05) is 12.8 Å². The minimum Gasteiger partial charge on any atom is -0.394 e. The molecule has 0 aliphatic rings. The van der Waals surface area contributed by atoms with Crippen molar-refractivity contribution in [2.45, 2.75) is 65.4 Å². The molecule has 92 valence electrons. The van der Waals surface area contributed by atoms with Crippen LogP contribution in [-0.2, 0) is 4.79 Å². The first kappa shape index (κ1) is 17.0. The summed E-state index contributed by atoms with van der Waals surface area (Å²) in [6.45, 7) is 5.63. The fourth-order valence-electron chi connectivity index (χ4n) is 0.873. The summed E-state index contributed by atoms with van der Waals surface area (Å²) in [4.78, 5) is 11.0. The lowest BCUT2D eigenvalue weighted by molar-refractivity contribution is -0.119. The molecule has 0 radical (unpaired) electrons. The topological polar surface area (TPSA) is 57.5 Å². The average molecular weight is 218 g/mol. The molecule has 1 atom stereocenters. The van der Waals surface area contributed by atoms with Crippen molar-refractivity contribution in [2.75, 3.05) is 6.61 Å². The van der Waals surface area contributed by atoms with E-state index in [0.29, 0.717) is 5.78 Å². The van der Waals surface area contributed by atoms with Gasteiger partial charge in [-0.1, -0.05) is 26.7 Å². The maximum atomic E-state index is 11.0. The Labute approximate surface area is 93.5 Å². The number of rotatable bonds is 7. The van der Waals surface area contributed by atoms with Gasteiger partial charge in [0.05, 0.1) is 12.7 Å². The normalized spacial score (nSPS) is 11.5. The van der Waals surface area contributed by atoms with Gasteiger partial charge in [-0.15, -0.1) is 0 Å². The highest BCUT2D eigenvalue weighted by molar-refractivity contribution is 5.78. The molecule has 0 heterocycles. The van der Waals surface area contributed by atoms with Gasteiger partial charge >= 0.3 is 0 Å². The van der Waals surface area contributed by atoms with Crippen LogP contribution in [0.25, 0.3) is 0 Å². The molecule has 0 amide bonds. The highest BCUT2D eigenvalue weighted by Crippen LogP contribution is 2.02. The predicted octanol–water partition coefficient (Wildman–Crippen LogP) is 2.30. The Morgan fingerprint density at radius 1 is 1.13 bits per heavy atom. The molecule has 1 unspecified atom stereocenters. The SMILES string of the molecule is CC(O)CO.CCCCC(=O)CCCC. The van der Waals surface area contributed by atoms with Crippen molar-refractivity contribution in [3.05, 3.63) is 0 Å². The van der Waals surface area contributed by atoms with Gasteiger partial charge in [-0.3, -0.25) is 4.79 Å². The predicted molar refractivity (Wildman–Crippen MR) is 62.8 cm³/mol. The minimum absolute atomic E-state index is 0.139. The molecule has 0 saturated carbocycles. The van der Waals surface area contributed by atoms with Crippen LogP contribution >= 0.6 is 0 Å². The number of hydrogen-bond acceptors (Lipinski definition) is 3. The summed E-state index contributed by atoms with van der Waals surface area (Å²) < 4.78 is 0. The molecule has 0 saturated heterocycles. The molecule has 0 bridgehead atoms. The molecular formula is C12H26O3. The maximum absolute atomic E-state index is 11.0. The molecule has 0 aliphatic carbocycles. The maximum Gasteiger partial charge on any atom is 0.132 e. The summed E-state index contributed by atoms with van der Waals surface area (Å²) in [5.41, 5.74) is 0. The minimum atomic E-state index is -0.560. The molecule has 0 rings (SSSR count). The fourth-order valence-corrected chi connectivity index (χ4v) is 0.873. The molecule has 0 aromatic heterocycles. The number of Topliss-reactive ketones (excluding diaryl/α,β-unsaturated/α-hetero) is 1. The Hall–Kier alpha value is -0.410. The van der Waals surface area contributed by atoms with Crippen LogP contribution in [0.2, 0.25) is 0 Å². The zero-order valence-corrected chi connectivity index (χ0v) is 10.3. The van der Waals surface area contributed by atoms with Crippen molar-refractivity contribution in [3.8, 4) is 0 Å². The van der Waals surface area contributed by atoms with E-state index >= 15 is 0 Å². The monoisotopic (exact) mass is 218 g/mol. The highest BCUT2D eigenvalue weighted by Gasteiger charge is 1.98. The largest absolute Gasteiger partial charge is 0.394 e. The van der Waals surface area contributed by atoms with E-state index in [4.69, 9.17) is 10.2 Å². The Kier molecular flexibility index (Phi) is 15.4. The Balaban J connectivity index is 0. The van der Waals surface area contributed by atoms with Crippen LogP contribution < -0.4 is 0 Å². The van der Waals surface area contributed by atoms with E-state index in [1.54, 1.807) is 0 Å². The molecule has 2 N–H and O–H groups in total. The van der Waals surface area contributed by atoms with Crippen LogP contribution in [0, 0.1) is 0 Å². The third-order valence-corrected chi connectivity index (χ3v) is 1.88. The Morgan fingerprint density at radius 3 is 1.67 bits per heavy atom. The summed E-state index contributed by atoms with van der Waals surface area (Å²) in [5.74, 6) is 0.448. The zero-order valence-electron chi connectivity index (χ0n) is 10.3. The Bertz CT molecular complexity index is 123.